The van der Waals surface area contributed by atoms with Crippen molar-refractivity contribution in [2.24, 2.45) is 5.14 Å². The molecule has 1 heterocycles. The van der Waals surface area contributed by atoms with Crippen LogP contribution in [0.3, 0.4) is 0 Å². The van der Waals surface area contributed by atoms with Gasteiger partial charge in [0.15, 0.2) is 0 Å². The molecule has 1 saturated heterocycles. The lowest BCUT2D eigenvalue weighted by Crippen LogP contribution is -2.53. The van der Waals surface area contributed by atoms with Crippen LogP contribution in [0.25, 0.3) is 0 Å². The summed E-state index contributed by atoms with van der Waals surface area (Å²) >= 11 is 0. The van der Waals surface area contributed by atoms with Crippen LogP contribution in [0.15, 0.2) is 0 Å². The number of hydrogen-bond acceptors (Lipinski definition) is 2. The van der Waals surface area contributed by atoms with E-state index in [-0.39, 0.29) is 5.54 Å². The van der Waals surface area contributed by atoms with Crippen LogP contribution in [0.1, 0.15) is 32.1 Å². The van der Waals surface area contributed by atoms with E-state index in [0.29, 0.717) is 6.54 Å². The van der Waals surface area contributed by atoms with Gasteiger partial charge in [0.2, 0.25) is 0 Å². The fraction of sp³-hybridized carbons (Fsp3) is 1.00. The fourth-order valence-corrected chi connectivity index (χ4v) is 3.59. The predicted molar refractivity (Wildman–Crippen MR) is 45.6 cm³/mol. The third-order valence-electron chi connectivity index (χ3n) is 3.12. The first-order valence-electron chi connectivity index (χ1n) is 4.35. The van der Waals surface area contributed by atoms with Crippen LogP contribution in [-0.4, -0.2) is 24.8 Å². The molecule has 2 N–H and O–H groups in total. The fourth-order valence-electron chi connectivity index (χ4n) is 2.40. The molecule has 2 fully saturated rings. The molecule has 0 radical (unpaired) electrons. The summed E-state index contributed by atoms with van der Waals surface area (Å²) in [5, 5.41) is 5.12. The van der Waals surface area contributed by atoms with Gasteiger partial charge in [-0.3, -0.25) is 0 Å². The maximum absolute atomic E-state index is 11.1. The number of hydrogen-bond donors (Lipinski definition) is 1. The monoisotopic (exact) mass is 190 g/mol. The van der Waals surface area contributed by atoms with Crippen molar-refractivity contribution in [3.63, 3.8) is 0 Å². The van der Waals surface area contributed by atoms with Crippen LogP contribution in [-0.2, 0) is 10.2 Å². The molecule has 70 valence electrons. The maximum atomic E-state index is 11.1. The molecule has 5 heteroatoms. The average Bonchev–Trinajstić information content (AvgIpc) is 2.25. The zero-order chi connectivity index (χ0) is 8.82. The zero-order valence-corrected chi connectivity index (χ0v) is 7.81. The first kappa shape index (κ1) is 8.47. The third kappa shape index (κ3) is 1.08. The summed E-state index contributed by atoms with van der Waals surface area (Å²) in [6.45, 7) is 0.624. The van der Waals surface area contributed by atoms with E-state index >= 15 is 0 Å². The van der Waals surface area contributed by atoms with Gasteiger partial charge in [-0.1, -0.05) is 0 Å². The minimum absolute atomic E-state index is 0.0619. The molecule has 1 aliphatic heterocycles. The largest absolute Gasteiger partial charge is 0.277 e. The van der Waals surface area contributed by atoms with Crippen LogP contribution in [0, 0.1) is 0 Å². The van der Waals surface area contributed by atoms with E-state index in [1.807, 2.05) is 0 Å². The molecule has 0 aromatic carbocycles. The predicted octanol–water partition coefficient (Wildman–Crippen LogP) is 0.208. The second-order valence-corrected chi connectivity index (χ2v) is 5.27. The number of nitrogens with zero attached hydrogens (tertiary/aromatic N) is 1. The minimum Gasteiger partial charge on any atom is -0.216 e. The van der Waals surface area contributed by atoms with Gasteiger partial charge in [-0.25, -0.2) is 5.14 Å². The van der Waals surface area contributed by atoms with Gasteiger partial charge >= 0.3 is 0 Å². The quantitative estimate of drug-likeness (QED) is 0.642. The lowest BCUT2D eigenvalue weighted by atomic mass is 9.76. The molecule has 4 nitrogen and oxygen atoms in total. The van der Waals surface area contributed by atoms with E-state index in [2.05, 4.69) is 0 Å². The topological polar surface area (TPSA) is 63.4 Å². The SMILES string of the molecule is NS(=O)(=O)N1CCCC12CCC2. The molecule has 0 aromatic heterocycles. The van der Waals surface area contributed by atoms with Crippen molar-refractivity contribution in [3.05, 3.63) is 0 Å². The van der Waals surface area contributed by atoms with Crippen LogP contribution in [0.5, 0.6) is 0 Å². The zero-order valence-electron chi connectivity index (χ0n) is 6.99. The normalized spacial score (nSPS) is 29.1. The first-order chi connectivity index (χ1) is 5.55. The van der Waals surface area contributed by atoms with Gasteiger partial charge in [-0.2, -0.15) is 12.7 Å². The Morgan fingerprint density at radius 1 is 1.17 bits per heavy atom. The summed E-state index contributed by atoms with van der Waals surface area (Å²) < 4.78 is 23.8. The molecule has 2 rings (SSSR count). The van der Waals surface area contributed by atoms with Crippen LogP contribution in [0.4, 0.5) is 0 Å². The Bertz CT molecular complexity index is 282. The average molecular weight is 190 g/mol. The van der Waals surface area contributed by atoms with E-state index in [1.54, 1.807) is 0 Å². The Balaban J connectivity index is 2.26. The Kier molecular flexibility index (Phi) is 1.72. The smallest absolute Gasteiger partial charge is 0.216 e. The summed E-state index contributed by atoms with van der Waals surface area (Å²) in [6, 6.07) is 0. The molecule has 0 bridgehead atoms. The van der Waals surface area contributed by atoms with Crippen molar-refractivity contribution in [3.8, 4) is 0 Å². The lowest BCUT2D eigenvalue weighted by Gasteiger charge is -2.43. The summed E-state index contributed by atoms with van der Waals surface area (Å²) in [7, 11) is -3.44. The van der Waals surface area contributed by atoms with Gasteiger partial charge in [0, 0.05) is 12.1 Å². The molecule has 0 amide bonds. The number of rotatable bonds is 1. The molecule has 0 aromatic rings. The highest BCUT2D eigenvalue weighted by Crippen LogP contribution is 2.46. The molecule has 1 spiro atoms. The van der Waals surface area contributed by atoms with Crippen LogP contribution < -0.4 is 5.14 Å². The van der Waals surface area contributed by atoms with E-state index in [9.17, 15) is 8.42 Å². The van der Waals surface area contributed by atoms with E-state index in [0.717, 1.165) is 32.1 Å². The van der Waals surface area contributed by atoms with Gasteiger partial charge in [-0.15, -0.1) is 0 Å². The maximum Gasteiger partial charge on any atom is 0.277 e. The summed E-state index contributed by atoms with van der Waals surface area (Å²) in [4.78, 5) is 0. The third-order valence-corrected chi connectivity index (χ3v) is 4.31. The van der Waals surface area contributed by atoms with Crippen LogP contribution in [0.2, 0.25) is 0 Å². The van der Waals surface area contributed by atoms with E-state index in [4.69, 9.17) is 5.14 Å². The Morgan fingerprint density at radius 2 is 1.75 bits per heavy atom. The summed E-state index contributed by atoms with van der Waals surface area (Å²) in [6.07, 6.45) is 5.12. The van der Waals surface area contributed by atoms with Crippen molar-refractivity contribution in [1.29, 1.82) is 0 Å². The molecule has 1 saturated carbocycles. The highest BCUT2D eigenvalue weighted by atomic mass is 32.2. The highest BCUT2D eigenvalue weighted by molar-refractivity contribution is 7.86. The second-order valence-electron chi connectivity index (χ2n) is 3.80. The lowest BCUT2D eigenvalue weighted by molar-refractivity contribution is 0.128. The summed E-state index contributed by atoms with van der Waals surface area (Å²) in [5.74, 6) is 0. The number of nitrogens with two attached hydrogens (primary N) is 1. The van der Waals surface area contributed by atoms with Crippen molar-refractivity contribution >= 4 is 10.2 Å². The van der Waals surface area contributed by atoms with Crippen molar-refractivity contribution in [2.45, 2.75) is 37.6 Å². The molecule has 0 unspecified atom stereocenters. The van der Waals surface area contributed by atoms with E-state index < -0.39 is 10.2 Å². The molecule has 2 aliphatic rings. The van der Waals surface area contributed by atoms with Gasteiger partial charge in [0.05, 0.1) is 0 Å². The van der Waals surface area contributed by atoms with Crippen molar-refractivity contribution in [2.75, 3.05) is 6.54 Å². The van der Waals surface area contributed by atoms with Gasteiger partial charge < -0.3 is 0 Å². The van der Waals surface area contributed by atoms with Crippen molar-refractivity contribution < 1.29 is 8.42 Å². The Morgan fingerprint density at radius 3 is 2.08 bits per heavy atom. The molecule has 1 aliphatic carbocycles. The van der Waals surface area contributed by atoms with Crippen LogP contribution >= 0.6 is 0 Å². The van der Waals surface area contributed by atoms with Gasteiger partial charge in [-0.05, 0) is 32.1 Å². The summed E-state index contributed by atoms with van der Waals surface area (Å²) in [5.41, 5.74) is -0.0619. The second kappa shape index (κ2) is 2.43. The molecular formula is C7H14N2O2S. The van der Waals surface area contributed by atoms with Crippen molar-refractivity contribution in [1.82, 2.24) is 4.31 Å². The molecule has 12 heavy (non-hydrogen) atoms. The molecule has 0 atom stereocenters. The standard InChI is InChI=1S/C7H14N2O2S/c8-12(10,11)9-6-2-5-7(9)3-1-4-7/h1-6H2,(H2,8,10,11). The van der Waals surface area contributed by atoms with E-state index in [1.165, 1.54) is 4.31 Å². The molecular weight excluding hydrogens is 176 g/mol. The Hall–Kier alpha value is -0.130. The Labute approximate surface area is 72.9 Å². The first-order valence-corrected chi connectivity index (χ1v) is 5.86. The van der Waals surface area contributed by atoms with Gasteiger partial charge in [0.1, 0.15) is 0 Å². The van der Waals surface area contributed by atoms with Gasteiger partial charge in [0.25, 0.3) is 10.2 Å². The highest BCUT2D eigenvalue weighted by Gasteiger charge is 2.49. The minimum atomic E-state index is -3.44.